The molecule has 1 aromatic rings. The van der Waals surface area contributed by atoms with Crippen LogP contribution in [-0.4, -0.2) is 57.8 Å². The summed E-state index contributed by atoms with van der Waals surface area (Å²) in [5.74, 6) is 1.76. The van der Waals surface area contributed by atoms with Crippen LogP contribution in [0.2, 0.25) is 0 Å². The van der Waals surface area contributed by atoms with Gasteiger partial charge in [0.2, 0.25) is 0 Å². The van der Waals surface area contributed by atoms with Crippen molar-refractivity contribution in [1.82, 2.24) is 20.0 Å². The molecule has 0 bridgehead atoms. The van der Waals surface area contributed by atoms with Gasteiger partial charge in [-0.3, -0.25) is 9.67 Å². The first-order valence-electron chi connectivity index (χ1n) is 8.49. The molecular formula is C17H32IN5S. The number of nitrogens with zero attached hydrogens (tertiary/aromatic N) is 4. The highest BCUT2D eigenvalue weighted by atomic mass is 127. The summed E-state index contributed by atoms with van der Waals surface area (Å²) in [6.45, 7) is 10.6. The maximum absolute atomic E-state index is 4.88. The lowest BCUT2D eigenvalue weighted by Crippen LogP contribution is -2.41. The molecule has 0 aliphatic carbocycles. The van der Waals surface area contributed by atoms with Crippen LogP contribution in [0.15, 0.2) is 17.4 Å². The van der Waals surface area contributed by atoms with E-state index < -0.39 is 0 Å². The van der Waals surface area contributed by atoms with Crippen molar-refractivity contribution in [2.75, 3.05) is 32.4 Å². The van der Waals surface area contributed by atoms with Crippen molar-refractivity contribution in [3.63, 3.8) is 0 Å². The van der Waals surface area contributed by atoms with Crippen molar-refractivity contribution < 1.29 is 0 Å². The highest BCUT2D eigenvalue weighted by molar-refractivity contribution is 14.0. The summed E-state index contributed by atoms with van der Waals surface area (Å²) in [6.07, 6.45) is 8.61. The predicted octanol–water partition coefficient (Wildman–Crippen LogP) is 3.01. The molecule has 2 rings (SSSR count). The van der Waals surface area contributed by atoms with Gasteiger partial charge in [-0.15, -0.1) is 24.0 Å². The second-order valence-electron chi connectivity index (χ2n) is 6.96. The monoisotopic (exact) mass is 465 g/mol. The SMILES string of the molecule is CCNC(=NCC(C)(C)SC)N1CCC(Cc2cnn(C)c2)C1.I. The Labute approximate surface area is 168 Å². The molecule has 1 fully saturated rings. The Morgan fingerprint density at radius 2 is 2.25 bits per heavy atom. The molecule has 0 saturated carbocycles. The van der Waals surface area contributed by atoms with Gasteiger partial charge in [-0.25, -0.2) is 0 Å². The molecule has 0 spiro atoms. The Morgan fingerprint density at radius 1 is 1.50 bits per heavy atom. The number of hydrogen-bond donors (Lipinski definition) is 1. The lowest BCUT2D eigenvalue weighted by atomic mass is 10.0. The van der Waals surface area contributed by atoms with E-state index in [-0.39, 0.29) is 28.7 Å². The average Bonchev–Trinajstić information content (AvgIpc) is 3.13. The Bertz CT molecular complexity index is 529. The number of thioether (sulfide) groups is 1. The fourth-order valence-corrected chi connectivity index (χ4v) is 3.05. The predicted molar refractivity (Wildman–Crippen MR) is 116 cm³/mol. The smallest absolute Gasteiger partial charge is 0.193 e. The standard InChI is InChI=1S/C17H31N5S.HI/c1-6-18-16(19-13-17(2,3)23-5)22-8-7-14(12-22)9-15-10-20-21(4)11-15;/h10-11,14H,6-9,12-13H2,1-5H3,(H,18,19);1H. The summed E-state index contributed by atoms with van der Waals surface area (Å²) in [5, 5.41) is 7.73. The van der Waals surface area contributed by atoms with Gasteiger partial charge >= 0.3 is 0 Å². The van der Waals surface area contributed by atoms with Gasteiger partial charge < -0.3 is 10.2 Å². The molecule has 24 heavy (non-hydrogen) atoms. The van der Waals surface area contributed by atoms with Crippen LogP contribution in [0.5, 0.6) is 0 Å². The maximum Gasteiger partial charge on any atom is 0.193 e. The minimum atomic E-state index is 0. The number of aromatic nitrogens is 2. The van der Waals surface area contributed by atoms with Gasteiger partial charge in [0.25, 0.3) is 0 Å². The Kier molecular flexibility index (Phi) is 8.90. The fourth-order valence-electron chi connectivity index (χ4n) is 2.86. The molecule has 1 saturated heterocycles. The van der Waals surface area contributed by atoms with E-state index in [4.69, 9.17) is 4.99 Å². The van der Waals surface area contributed by atoms with Crippen molar-refractivity contribution in [1.29, 1.82) is 0 Å². The van der Waals surface area contributed by atoms with Crippen LogP contribution in [0, 0.1) is 5.92 Å². The zero-order chi connectivity index (χ0) is 16.9. The Hall–Kier alpha value is -0.440. The number of likely N-dealkylation sites (tertiary alicyclic amines) is 1. The van der Waals surface area contributed by atoms with Crippen LogP contribution in [-0.2, 0) is 13.5 Å². The first-order valence-corrected chi connectivity index (χ1v) is 9.72. The number of aryl methyl sites for hydroxylation is 1. The van der Waals surface area contributed by atoms with Crippen LogP contribution < -0.4 is 5.32 Å². The summed E-state index contributed by atoms with van der Waals surface area (Å²) in [5.41, 5.74) is 1.34. The molecule has 1 aromatic heterocycles. The quantitative estimate of drug-likeness (QED) is 0.399. The van der Waals surface area contributed by atoms with Crippen LogP contribution in [0.4, 0.5) is 0 Å². The topological polar surface area (TPSA) is 45.5 Å². The van der Waals surface area contributed by atoms with E-state index in [9.17, 15) is 0 Å². The van der Waals surface area contributed by atoms with Gasteiger partial charge in [0.05, 0.1) is 12.7 Å². The van der Waals surface area contributed by atoms with Gasteiger partial charge in [0.1, 0.15) is 0 Å². The highest BCUT2D eigenvalue weighted by Gasteiger charge is 2.26. The van der Waals surface area contributed by atoms with Gasteiger partial charge in [-0.05, 0) is 51.3 Å². The fraction of sp³-hybridized carbons (Fsp3) is 0.765. The van der Waals surface area contributed by atoms with Crippen LogP contribution in [0.3, 0.4) is 0 Å². The number of hydrogen-bond acceptors (Lipinski definition) is 3. The lowest BCUT2D eigenvalue weighted by molar-refractivity contribution is 0.459. The molecule has 2 heterocycles. The molecule has 1 aliphatic rings. The maximum atomic E-state index is 4.88. The third-order valence-electron chi connectivity index (χ3n) is 4.37. The number of nitrogens with one attached hydrogen (secondary N) is 1. The molecule has 1 aliphatic heterocycles. The van der Waals surface area contributed by atoms with Crippen LogP contribution in [0.1, 0.15) is 32.8 Å². The molecule has 7 heteroatoms. The molecule has 5 nitrogen and oxygen atoms in total. The number of halogens is 1. The summed E-state index contributed by atoms with van der Waals surface area (Å²) in [7, 11) is 1.98. The van der Waals surface area contributed by atoms with Crippen molar-refractivity contribution in [2.24, 2.45) is 18.0 Å². The average molecular weight is 465 g/mol. The zero-order valence-corrected chi connectivity index (χ0v) is 18.7. The molecule has 1 unspecified atom stereocenters. The number of guanidine groups is 1. The van der Waals surface area contributed by atoms with E-state index in [0.29, 0.717) is 5.92 Å². The summed E-state index contributed by atoms with van der Waals surface area (Å²) < 4.78 is 2.08. The van der Waals surface area contributed by atoms with E-state index in [0.717, 1.165) is 38.6 Å². The minimum absolute atomic E-state index is 0. The van der Waals surface area contributed by atoms with Gasteiger partial charge in [-0.2, -0.15) is 16.9 Å². The van der Waals surface area contributed by atoms with E-state index in [1.165, 1.54) is 12.0 Å². The van der Waals surface area contributed by atoms with Gasteiger partial charge in [-0.1, -0.05) is 0 Å². The van der Waals surface area contributed by atoms with Gasteiger partial charge in [0, 0.05) is 37.6 Å². The number of rotatable bonds is 6. The zero-order valence-electron chi connectivity index (χ0n) is 15.6. The first-order chi connectivity index (χ1) is 10.9. The molecule has 1 atom stereocenters. The van der Waals surface area contributed by atoms with Crippen LogP contribution >= 0.6 is 35.7 Å². The summed E-state index contributed by atoms with van der Waals surface area (Å²) >= 11 is 1.87. The van der Waals surface area contributed by atoms with Crippen molar-refractivity contribution in [2.45, 2.75) is 38.4 Å². The highest BCUT2D eigenvalue weighted by Crippen LogP contribution is 2.23. The third kappa shape index (κ3) is 6.46. The van der Waals surface area contributed by atoms with E-state index in [1.807, 2.05) is 29.7 Å². The van der Waals surface area contributed by atoms with Crippen molar-refractivity contribution in [3.05, 3.63) is 18.0 Å². The molecule has 0 radical (unpaired) electrons. The third-order valence-corrected chi connectivity index (χ3v) is 5.60. The molecule has 1 N–H and O–H groups in total. The minimum Gasteiger partial charge on any atom is -0.357 e. The summed E-state index contributed by atoms with van der Waals surface area (Å²) in [4.78, 5) is 7.30. The Morgan fingerprint density at radius 3 is 2.83 bits per heavy atom. The van der Waals surface area contributed by atoms with E-state index in [1.54, 1.807) is 0 Å². The molecule has 138 valence electrons. The molecule has 0 amide bonds. The second kappa shape index (κ2) is 9.89. The van der Waals surface area contributed by atoms with Gasteiger partial charge in [0.15, 0.2) is 5.96 Å². The van der Waals surface area contributed by atoms with Crippen molar-refractivity contribution in [3.8, 4) is 0 Å². The van der Waals surface area contributed by atoms with Crippen molar-refractivity contribution >= 4 is 41.7 Å². The Balaban J connectivity index is 0.00000288. The number of aliphatic imine (C=N–C) groups is 1. The lowest BCUT2D eigenvalue weighted by Gasteiger charge is -2.24. The normalized spacial score (nSPS) is 18.6. The van der Waals surface area contributed by atoms with E-state index in [2.05, 4.69) is 48.5 Å². The second-order valence-corrected chi connectivity index (χ2v) is 8.47. The first kappa shape index (κ1) is 21.6. The van der Waals surface area contributed by atoms with E-state index >= 15 is 0 Å². The summed E-state index contributed by atoms with van der Waals surface area (Å²) in [6, 6.07) is 0. The molecule has 0 aromatic carbocycles. The molecular weight excluding hydrogens is 433 g/mol. The largest absolute Gasteiger partial charge is 0.357 e. The van der Waals surface area contributed by atoms with Crippen LogP contribution in [0.25, 0.3) is 0 Å².